The van der Waals surface area contributed by atoms with E-state index in [1.807, 2.05) is 13.0 Å². The van der Waals surface area contributed by atoms with Crippen LogP contribution in [0.15, 0.2) is 51.9 Å². The maximum Gasteiger partial charge on any atom is 0.262 e. The van der Waals surface area contributed by atoms with E-state index in [2.05, 4.69) is 14.9 Å². The van der Waals surface area contributed by atoms with Crippen LogP contribution in [0.5, 0.6) is 0 Å². The second kappa shape index (κ2) is 6.72. The van der Waals surface area contributed by atoms with Gasteiger partial charge in [0.05, 0.1) is 10.4 Å². The highest BCUT2D eigenvalue weighted by Gasteiger charge is 2.39. The molecule has 0 atom stereocenters. The lowest BCUT2D eigenvalue weighted by molar-refractivity contribution is 0.229. The Balaban J connectivity index is 1.54. The second-order valence-corrected chi connectivity index (χ2v) is 9.04. The molecule has 0 aliphatic heterocycles. The summed E-state index contributed by atoms with van der Waals surface area (Å²) in [7, 11) is -3.67. The summed E-state index contributed by atoms with van der Waals surface area (Å²) in [5.74, 6) is 0.893. The zero-order chi connectivity index (χ0) is 19.9. The first-order valence-corrected chi connectivity index (χ1v) is 10.6. The number of hydrogen-bond acceptors (Lipinski definition) is 6. The van der Waals surface area contributed by atoms with E-state index in [1.54, 1.807) is 43.3 Å². The number of nitrogens with zero attached hydrogens (tertiary/aromatic N) is 2. The summed E-state index contributed by atoms with van der Waals surface area (Å²) < 4.78 is 33.4. The maximum absolute atomic E-state index is 12.7. The van der Waals surface area contributed by atoms with Crippen LogP contribution in [0.3, 0.4) is 0 Å². The third-order valence-electron chi connectivity index (χ3n) is 5.13. The van der Waals surface area contributed by atoms with Gasteiger partial charge in [-0.1, -0.05) is 17.3 Å². The van der Waals surface area contributed by atoms with E-state index in [9.17, 15) is 8.42 Å². The maximum atomic E-state index is 12.7. The third-order valence-corrected chi connectivity index (χ3v) is 6.66. The minimum absolute atomic E-state index is 0.270. The molecule has 4 rings (SSSR count). The number of nitrogens with one attached hydrogen (secondary N) is 1. The molecule has 7 nitrogen and oxygen atoms in total. The van der Waals surface area contributed by atoms with Gasteiger partial charge in [-0.3, -0.25) is 4.72 Å². The summed E-state index contributed by atoms with van der Waals surface area (Å²) in [4.78, 5) is 4.68. The number of rotatable bonds is 5. The fourth-order valence-corrected chi connectivity index (χ4v) is 4.60. The Morgan fingerprint density at radius 2 is 1.82 bits per heavy atom. The SMILES string of the molecule is Cc1ccc(C)c(S(=O)(=O)Nc2ccc(-c3nc(C4(N)CCC4)no3)cc2)c1. The van der Waals surface area contributed by atoms with E-state index in [0.29, 0.717) is 28.5 Å². The number of hydrogen-bond donors (Lipinski definition) is 2. The number of anilines is 1. The molecule has 1 heterocycles. The predicted octanol–water partition coefficient (Wildman–Crippen LogP) is 3.49. The molecule has 3 N–H and O–H groups in total. The van der Waals surface area contributed by atoms with Gasteiger partial charge in [-0.05, 0) is 74.6 Å². The minimum atomic E-state index is -3.67. The minimum Gasteiger partial charge on any atom is -0.334 e. The summed E-state index contributed by atoms with van der Waals surface area (Å²) in [5, 5.41) is 4.00. The number of aryl methyl sites for hydroxylation is 2. The molecule has 3 aromatic rings. The van der Waals surface area contributed by atoms with Gasteiger partial charge in [-0.15, -0.1) is 0 Å². The monoisotopic (exact) mass is 398 g/mol. The number of benzene rings is 2. The molecule has 0 unspecified atom stereocenters. The molecule has 1 fully saturated rings. The van der Waals surface area contributed by atoms with Crippen molar-refractivity contribution in [2.75, 3.05) is 4.72 Å². The van der Waals surface area contributed by atoms with E-state index >= 15 is 0 Å². The van der Waals surface area contributed by atoms with Crippen molar-refractivity contribution in [3.63, 3.8) is 0 Å². The lowest BCUT2D eigenvalue weighted by Crippen LogP contribution is -2.44. The normalized spacial score (nSPS) is 15.8. The Bertz CT molecular complexity index is 1120. The van der Waals surface area contributed by atoms with Crippen molar-refractivity contribution in [2.45, 2.75) is 43.5 Å². The van der Waals surface area contributed by atoms with Crippen molar-refractivity contribution in [3.05, 3.63) is 59.4 Å². The first-order chi connectivity index (χ1) is 13.3. The van der Waals surface area contributed by atoms with Gasteiger partial charge in [0, 0.05) is 11.3 Å². The molecule has 2 aromatic carbocycles. The first kappa shape index (κ1) is 18.6. The van der Waals surface area contributed by atoms with Crippen molar-refractivity contribution in [1.82, 2.24) is 10.1 Å². The molecule has 28 heavy (non-hydrogen) atoms. The van der Waals surface area contributed by atoms with E-state index < -0.39 is 15.6 Å². The molecular weight excluding hydrogens is 376 g/mol. The van der Waals surface area contributed by atoms with Crippen LogP contribution in [0.2, 0.25) is 0 Å². The van der Waals surface area contributed by atoms with Gasteiger partial charge in [-0.25, -0.2) is 8.42 Å². The third kappa shape index (κ3) is 3.41. The fraction of sp³-hybridized carbons (Fsp3) is 0.300. The standard InChI is InChI=1S/C20H22N4O3S/c1-13-4-5-14(2)17(12-13)28(25,26)24-16-8-6-15(7-9-16)18-22-19(23-27-18)20(21)10-3-11-20/h4-9,12,24H,3,10-11,21H2,1-2H3. The zero-order valence-electron chi connectivity index (χ0n) is 15.8. The summed E-state index contributed by atoms with van der Waals surface area (Å²) in [6.45, 7) is 3.64. The van der Waals surface area contributed by atoms with Gasteiger partial charge in [0.2, 0.25) is 0 Å². The molecule has 1 aromatic heterocycles. The Kier molecular flexibility index (Phi) is 4.47. The van der Waals surface area contributed by atoms with Gasteiger partial charge >= 0.3 is 0 Å². The van der Waals surface area contributed by atoms with Gasteiger partial charge in [0.15, 0.2) is 5.82 Å². The summed E-state index contributed by atoms with van der Waals surface area (Å²) in [6.07, 6.45) is 2.77. The van der Waals surface area contributed by atoms with Crippen LogP contribution < -0.4 is 10.5 Å². The van der Waals surface area contributed by atoms with Gasteiger partial charge in [0.1, 0.15) is 0 Å². The Morgan fingerprint density at radius 1 is 1.11 bits per heavy atom. The van der Waals surface area contributed by atoms with Crippen molar-refractivity contribution >= 4 is 15.7 Å². The molecule has 1 saturated carbocycles. The molecule has 0 spiro atoms. The molecular formula is C20H22N4O3S. The van der Waals surface area contributed by atoms with Gasteiger partial charge in [-0.2, -0.15) is 4.98 Å². The highest BCUT2D eigenvalue weighted by atomic mass is 32.2. The molecule has 0 saturated heterocycles. The van der Waals surface area contributed by atoms with Crippen LogP contribution in [0, 0.1) is 13.8 Å². The average molecular weight is 398 g/mol. The van der Waals surface area contributed by atoms with Crippen molar-refractivity contribution in [1.29, 1.82) is 0 Å². The lowest BCUT2D eigenvalue weighted by Gasteiger charge is -2.34. The summed E-state index contributed by atoms with van der Waals surface area (Å²) in [6, 6.07) is 12.2. The smallest absolute Gasteiger partial charge is 0.262 e. The molecule has 0 bridgehead atoms. The van der Waals surface area contributed by atoms with Gasteiger partial charge < -0.3 is 10.3 Å². The van der Waals surface area contributed by atoms with Crippen LogP contribution in [0.25, 0.3) is 11.5 Å². The van der Waals surface area contributed by atoms with Crippen molar-refractivity contribution in [3.8, 4) is 11.5 Å². The fourth-order valence-electron chi connectivity index (χ4n) is 3.21. The Morgan fingerprint density at radius 3 is 2.46 bits per heavy atom. The quantitative estimate of drug-likeness (QED) is 0.680. The Hall–Kier alpha value is -2.71. The number of nitrogens with two attached hydrogens (primary N) is 1. The first-order valence-electron chi connectivity index (χ1n) is 9.10. The Labute approximate surface area is 164 Å². The largest absolute Gasteiger partial charge is 0.334 e. The van der Waals surface area contributed by atoms with E-state index in [-0.39, 0.29) is 4.90 Å². The molecule has 146 valence electrons. The molecule has 1 aliphatic carbocycles. The van der Waals surface area contributed by atoms with Crippen LogP contribution in [-0.4, -0.2) is 18.6 Å². The van der Waals surface area contributed by atoms with E-state index in [0.717, 1.165) is 24.8 Å². The van der Waals surface area contributed by atoms with Crippen LogP contribution in [-0.2, 0) is 15.6 Å². The van der Waals surface area contributed by atoms with Crippen LogP contribution in [0.4, 0.5) is 5.69 Å². The topological polar surface area (TPSA) is 111 Å². The molecule has 1 aliphatic rings. The van der Waals surface area contributed by atoms with Crippen LogP contribution in [0.1, 0.15) is 36.2 Å². The highest BCUT2D eigenvalue weighted by molar-refractivity contribution is 7.92. The summed E-state index contributed by atoms with van der Waals surface area (Å²) in [5.41, 5.74) is 8.49. The van der Waals surface area contributed by atoms with E-state index in [4.69, 9.17) is 10.3 Å². The van der Waals surface area contributed by atoms with Crippen LogP contribution >= 0.6 is 0 Å². The zero-order valence-corrected chi connectivity index (χ0v) is 16.6. The van der Waals surface area contributed by atoms with Crippen molar-refractivity contribution < 1.29 is 12.9 Å². The summed E-state index contributed by atoms with van der Waals surface area (Å²) >= 11 is 0. The highest BCUT2D eigenvalue weighted by Crippen LogP contribution is 2.37. The average Bonchev–Trinajstić information content (AvgIpc) is 3.12. The molecule has 0 radical (unpaired) electrons. The lowest BCUT2D eigenvalue weighted by atomic mass is 9.77. The number of sulfonamides is 1. The number of aromatic nitrogens is 2. The second-order valence-electron chi connectivity index (χ2n) is 7.38. The van der Waals surface area contributed by atoms with Crippen molar-refractivity contribution in [2.24, 2.45) is 5.73 Å². The predicted molar refractivity (Wildman–Crippen MR) is 106 cm³/mol. The van der Waals surface area contributed by atoms with Gasteiger partial charge in [0.25, 0.3) is 15.9 Å². The molecule has 8 heteroatoms. The van der Waals surface area contributed by atoms with E-state index in [1.165, 1.54) is 0 Å². The molecule has 0 amide bonds.